The van der Waals surface area contributed by atoms with Crippen molar-refractivity contribution in [2.24, 2.45) is 0 Å². The fourth-order valence-corrected chi connectivity index (χ4v) is 4.15. The quantitative estimate of drug-likeness (QED) is 0.433. The highest BCUT2D eigenvalue weighted by Gasteiger charge is 2.28. The number of nitrogens with zero attached hydrogens (tertiary/aromatic N) is 1. The molecule has 3 aromatic carbocycles. The van der Waals surface area contributed by atoms with Crippen LogP contribution in [0.3, 0.4) is 0 Å². The average Bonchev–Trinajstić information content (AvgIpc) is 3.15. The van der Waals surface area contributed by atoms with Gasteiger partial charge in [0.1, 0.15) is 0 Å². The van der Waals surface area contributed by atoms with Gasteiger partial charge in [-0.1, -0.05) is 47.5 Å². The first-order valence-electron chi connectivity index (χ1n) is 8.84. The third-order valence-corrected chi connectivity index (χ3v) is 6.24. The molecule has 0 aliphatic rings. The maximum absolute atomic E-state index is 13.3. The van der Waals surface area contributed by atoms with Gasteiger partial charge < -0.3 is 9.73 Å². The molecule has 0 bridgehead atoms. The van der Waals surface area contributed by atoms with E-state index in [1.54, 1.807) is 60.7 Å². The van der Waals surface area contributed by atoms with E-state index in [0.29, 0.717) is 16.3 Å². The summed E-state index contributed by atoms with van der Waals surface area (Å²) in [6.45, 7) is 1.90. The van der Waals surface area contributed by atoms with E-state index in [1.807, 2.05) is 25.1 Å². The predicted molar refractivity (Wildman–Crippen MR) is 113 cm³/mol. The molecule has 0 spiro atoms. The third kappa shape index (κ3) is 4.04. The predicted octanol–water partition coefficient (Wildman–Crippen LogP) is 5.88. The lowest BCUT2D eigenvalue weighted by atomic mass is 10.2. The van der Waals surface area contributed by atoms with E-state index in [4.69, 9.17) is 16.0 Å². The Morgan fingerprint density at radius 2 is 1.55 bits per heavy atom. The van der Waals surface area contributed by atoms with Crippen LogP contribution in [0.1, 0.15) is 5.56 Å². The summed E-state index contributed by atoms with van der Waals surface area (Å²) >= 11 is 5.94. The summed E-state index contributed by atoms with van der Waals surface area (Å²) in [5, 5.41) is 3.41. The number of hydrogen-bond donors (Lipinski definition) is 1. The summed E-state index contributed by atoms with van der Waals surface area (Å²) in [5.41, 5.74) is 2.27. The summed E-state index contributed by atoms with van der Waals surface area (Å²) in [7, 11) is -3.90. The van der Waals surface area contributed by atoms with E-state index in [9.17, 15) is 8.42 Å². The van der Waals surface area contributed by atoms with Gasteiger partial charge in [0.05, 0.1) is 4.90 Å². The normalized spacial score (nSPS) is 11.4. The van der Waals surface area contributed by atoms with Gasteiger partial charge in [-0.3, -0.25) is 0 Å². The largest absolute Gasteiger partial charge is 0.419 e. The van der Waals surface area contributed by atoms with Gasteiger partial charge in [0.2, 0.25) is 26.6 Å². The number of rotatable bonds is 5. The van der Waals surface area contributed by atoms with Crippen molar-refractivity contribution in [1.82, 2.24) is 4.98 Å². The van der Waals surface area contributed by atoms with Crippen LogP contribution in [0.5, 0.6) is 0 Å². The van der Waals surface area contributed by atoms with Crippen LogP contribution in [0.4, 0.5) is 11.6 Å². The number of halogens is 1. The van der Waals surface area contributed by atoms with E-state index >= 15 is 0 Å². The smallest absolute Gasteiger partial charge is 0.238 e. The second-order valence-corrected chi connectivity index (χ2v) is 8.77. The minimum Gasteiger partial charge on any atom is -0.419 e. The lowest BCUT2D eigenvalue weighted by molar-refractivity contribution is 0.582. The van der Waals surface area contributed by atoms with Crippen molar-refractivity contribution in [2.45, 2.75) is 16.8 Å². The Labute approximate surface area is 173 Å². The number of nitrogens with one attached hydrogen (secondary N) is 1. The number of hydrogen-bond acceptors (Lipinski definition) is 5. The molecule has 0 aliphatic heterocycles. The molecule has 29 heavy (non-hydrogen) atoms. The van der Waals surface area contributed by atoms with Crippen molar-refractivity contribution in [3.8, 4) is 11.5 Å². The first-order chi connectivity index (χ1) is 13.9. The number of benzene rings is 3. The Hall–Kier alpha value is -3.09. The van der Waals surface area contributed by atoms with Crippen molar-refractivity contribution in [2.75, 3.05) is 5.32 Å². The lowest BCUT2D eigenvalue weighted by Gasteiger charge is -2.06. The second-order valence-electron chi connectivity index (χ2n) is 6.47. The van der Waals surface area contributed by atoms with Gasteiger partial charge in [-0.25, -0.2) is 8.42 Å². The van der Waals surface area contributed by atoms with Gasteiger partial charge in [-0.05, 0) is 55.5 Å². The van der Waals surface area contributed by atoms with E-state index in [1.165, 1.54) is 0 Å². The van der Waals surface area contributed by atoms with Crippen LogP contribution in [-0.2, 0) is 9.84 Å². The van der Waals surface area contributed by atoms with E-state index < -0.39 is 9.84 Å². The first-order valence-corrected chi connectivity index (χ1v) is 10.7. The van der Waals surface area contributed by atoms with Gasteiger partial charge >= 0.3 is 0 Å². The lowest BCUT2D eigenvalue weighted by Crippen LogP contribution is -2.05. The molecule has 0 atom stereocenters. The topological polar surface area (TPSA) is 72.2 Å². The zero-order chi connectivity index (χ0) is 20.4. The fourth-order valence-electron chi connectivity index (χ4n) is 2.76. The average molecular weight is 425 g/mol. The summed E-state index contributed by atoms with van der Waals surface area (Å²) < 4.78 is 32.4. The van der Waals surface area contributed by atoms with Crippen molar-refractivity contribution in [3.05, 3.63) is 89.4 Å². The highest BCUT2D eigenvalue weighted by atomic mass is 35.5. The van der Waals surface area contributed by atoms with Crippen molar-refractivity contribution >= 4 is 33.0 Å². The molecule has 4 rings (SSSR count). The molecule has 0 unspecified atom stereocenters. The zero-order valence-electron chi connectivity index (χ0n) is 15.5. The summed E-state index contributed by atoms with van der Waals surface area (Å²) in [4.78, 5) is 4.47. The molecule has 0 saturated carbocycles. The van der Waals surface area contributed by atoms with E-state index in [0.717, 1.165) is 5.56 Å². The second kappa shape index (κ2) is 7.73. The van der Waals surface area contributed by atoms with Crippen LogP contribution in [0.2, 0.25) is 5.02 Å². The number of anilines is 2. The number of oxazole rings is 1. The Balaban J connectivity index is 1.83. The zero-order valence-corrected chi connectivity index (χ0v) is 17.0. The highest BCUT2D eigenvalue weighted by Crippen LogP contribution is 2.34. The first kappa shape index (κ1) is 19.2. The number of aromatic nitrogens is 1. The van der Waals surface area contributed by atoms with Gasteiger partial charge in [0.15, 0.2) is 0 Å². The monoisotopic (exact) mass is 424 g/mol. The van der Waals surface area contributed by atoms with Crippen molar-refractivity contribution < 1.29 is 12.8 Å². The van der Waals surface area contributed by atoms with Crippen molar-refractivity contribution in [1.29, 1.82) is 0 Å². The molecular formula is C22H17ClN2O3S. The summed E-state index contributed by atoms with van der Waals surface area (Å²) in [6, 6.07) is 22.6. The molecule has 0 amide bonds. The van der Waals surface area contributed by atoms with Gasteiger partial charge in [-0.2, -0.15) is 4.98 Å². The van der Waals surface area contributed by atoms with Crippen LogP contribution in [-0.4, -0.2) is 13.4 Å². The molecule has 0 fully saturated rings. The van der Waals surface area contributed by atoms with Crippen LogP contribution < -0.4 is 5.32 Å². The third-order valence-electron chi connectivity index (χ3n) is 4.30. The summed E-state index contributed by atoms with van der Waals surface area (Å²) in [5.74, 6) is 0.263. The minimum absolute atomic E-state index is 0.0479. The fraction of sp³-hybridized carbons (Fsp3) is 0.0455. The minimum atomic E-state index is -3.90. The summed E-state index contributed by atoms with van der Waals surface area (Å²) in [6.07, 6.45) is 0. The molecular weight excluding hydrogens is 408 g/mol. The molecule has 5 nitrogen and oxygen atoms in total. The number of aryl methyl sites for hydroxylation is 1. The Morgan fingerprint density at radius 3 is 2.21 bits per heavy atom. The van der Waals surface area contributed by atoms with Crippen LogP contribution in [0.15, 0.2) is 93.2 Å². The molecule has 1 aromatic heterocycles. The van der Waals surface area contributed by atoms with Crippen LogP contribution in [0.25, 0.3) is 11.5 Å². The molecule has 0 aliphatic carbocycles. The molecule has 146 valence electrons. The van der Waals surface area contributed by atoms with Crippen LogP contribution >= 0.6 is 11.6 Å². The molecule has 7 heteroatoms. The van der Waals surface area contributed by atoms with Gasteiger partial charge in [0.25, 0.3) is 0 Å². The van der Waals surface area contributed by atoms with Gasteiger partial charge in [-0.15, -0.1) is 0 Å². The molecule has 4 aromatic rings. The maximum atomic E-state index is 13.3. The Bertz CT molecular complexity index is 1230. The molecule has 1 N–H and O–H groups in total. The van der Waals surface area contributed by atoms with Gasteiger partial charge in [0, 0.05) is 16.3 Å². The standard InChI is InChI=1S/C22H17ClN2O3S/c1-15-7-13-19(14-8-15)29(26,27)22-21(24-18-11-9-17(23)10-12-18)28-20(25-22)16-5-3-2-4-6-16/h2-14,24H,1H3. The molecule has 1 heterocycles. The SMILES string of the molecule is Cc1ccc(S(=O)(=O)c2nc(-c3ccccc3)oc2Nc2ccc(Cl)cc2)cc1. The maximum Gasteiger partial charge on any atom is 0.238 e. The highest BCUT2D eigenvalue weighted by molar-refractivity contribution is 7.91. The molecule has 0 radical (unpaired) electrons. The van der Waals surface area contributed by atoms with Crippen LogP contribution in [0, 0.1) is 6.92 Å². The van der Waals surface area contributed by atoms with Crippen molar-refractivity contribution in [3.63, 3.8) is 0 Å². The van der Waals surface area contributed by atoms with E-state index in [-0.39, 0.29) is 21.7 Å². The molecule has 0 saturated heterocycles. The Morgan fingerprint density at radius 1 is 0.897 bits per heavy atom. The Kier molecular flexibility index (Phi) is 5.13. The number of sulfone groups is 1. The van der Waals surface area contributed by atoms with E-state index in [2.05, 4.69) is 10.3 Å².